The predicted molar refractivity (Wildman–Crippen MR) is 149 cm³/mol. The van der Waals surface area contributed by atoms with Gasteiger partial charge in [-0.25, -0.2) is 4.79 Å². The molecule has 0 radical (unpaired) electrons. The number of benzene rings is 2. The van der Waals surface area contributed by atoms with Gasteiger partial charge in [0.25, 0.3) is 5.91 Å². The summed E-state index contributed by atoms with van der Waals surface area (Å²) >= 11 is 5.92. The van der Waals surface area contributed by atoms with Gasteiger partial charge in [-0.3, -0.25) is 24.1 Å². The maximum absolute atomic E-state index is 13.0. The lowest BCUT2D eigenvalue weighted by Gasteiger charge is -2.26. The molecule has 2 aromatic carbocycles. The number of hydrogen-bond acceptors (Lipinski definition) is 8. The third-order valence-corrected chi connectivity index (χ3v) is 6.27. The van der Waals surface area contributed by atoms with Crippen molar-refractivity contribution < 1.29 is 38.9 Å². The molecule has 1 aliphatic rings. The van der Waals surface area contributed by atoms with E-state index in [2.05, 4.69) is 15.2 Å². The molecule has 1 saturated heterocycles. The van der Waals surface area contributed by atoms with Crippen molar-refractivity contribution in [2.45, 2.75) is 18.9 Å². The summed E-state index contributed by atoms with van der Waals surface area (Å²) < 4.78 is 10.9. The predicted octanol–water partition coefficient (Wildman–Crippen LogP) is 1.94. The van der Waals surface area contributed by atoms with Gasteiger partial charge < -0.3 is 30.0 Å². The largest absolute Gasteiger partial charge is 0.481 e. The van der Waals surface area contributed by atoms with Gasteiger partial charge in [-0.1, -0.05) is 29.8 Å². The quantitative estimate of drug-likeness (QED) is 0.203. The third kappa shape index (κ3) is 10.3. The van der Waals surface area contributed by atoms with E-state index in [-0.39, 0.29) is 18.6 Å². The Bertz CT molecular complexity index is 1410. The molecule has 1 atom stereocenters. The van der Waals surface area contributed by atoms with Crippen LogP contribution in [-0.4, -0.2) is 89.4 Å². The molecule has 2 heterocycles. The lowest BCUT2D eigenvalue weighted by Crippen LogP contribution is -2.44. The fourth-order valence-electron chi connectivity index (χ4n) is 4.03. The summed E-state index contributed by atoms with van der Waals surface area (Å²) in [6.07, 6.45) is -0.694. The monoisotopic (exact) mass is 587 g/mol. The van der Waals surface area contributed by atoms with E-state index >= 15 is 0 Å². The number of aliphatic carboxylic acids is 2. The minimum absolute atomic E-state index is 0.111. The molecule has 4 N–H and O–H groups in total. The Hall–Kier alpha value is -4.26. The van der Waals surface area contributed by atoms with Crippen molar-refractivity contribution in [3.63, 3.8) is 0 Å². The average molecular weight is 588 g/mol. The highest BCUT2D eigenvalue weighted by Gasteiger charge is 2.25. The maximum Gasteiger partial charge on any atom is 0.329 e. The molecule has 0 saturated carbocycles. The minimum atomic E-state index is -1.31. The van der Waals surface area contributed by atoms with Crippen LogP contribution in [0.1, 0.15) is 22.3 Å². The van der Waals surface area contributed by atoms with Crippen molar-refractivity contribution in [1.29, 1.82) is 0 Å². The number of hydrogen-bond donors (Lipinski definition) is 4. The number of rotatable bonds is 10. The first-order chi connectivity index (χ1) is 19.6. The van der Waals surface area contributed by atoms with Crippen LogP contribution in [0.4, 0.5) is 0 Å². The molecule has 1 fully saturated rings. The standard InChI is InChI=1S/C25H26ClN3O5.C3H4O4/c26-19-7-5-17(6-8-19)24(31)28-22(25(32)34-14-11-29-9-12-33-13-10-29)15-18-16-23(30)27-21-4-2-1-3-20(18)21;4-2(5)1-3(6)7/h1-8,16,22H,9-15H2,(H,27,30)(H,28,31);1H2,(H,4,5)(H,6,7). The zero-order valence-electron chi connectivity index (χ0n) is 22.0. The summed E-state index contributed by atoms with van der Waals surface area (Å²) in [4.78, 5) is 61.9. The molecule has 218 valence electrons. The molecule has 0 spiro atoms. The normalized spacial score (nSPS) is 13.9. The van der Waals surface area contributed by atoms with Gasteiger partial charge in [0.1, 0.15) is 19.1 Å². The number of ether oxygens (including phenoxy) is 2. The van der Waals surface area contributed by atoms with Crippen molar-refractivity contribution in [2.24, 2.45) is 0 Å². The number of halogens is 1. The number of nitrogens with zero attached hydrogens (tertiary/aromatic N) is 1. The summed E-state index contributed by atoms with van der Waals surface area (Å²) in [5.74, 6) is -3.61. The molecular weight excluding hydrogens is 558 g/mol. The number of nitrogens with one attached hydrogen (secondary N) is 2. The highest BCUT2D eigenvalue weighted by molar-refractivity contribution is 6.30. The first kappa shape index (κ1) is 31.3. The number of pyridine rings is 1. The van der Waals surface area contributed by atoms with E-state index in [1.165, 1.54) is 6.07 Å². The fraction of sp³-hybridized carbons (Fsp3) is 0.321. The van der Waals surface area contributed by atoms with Crippen molar-refractivity contribution in [3.8, 4) is 0 Å². The second-order valence-electron chi connectivity index (χ2n) is 9.03. The average Bonchev–Trinajstić information content (AvgIpc) is 2.93. The van der Waals surface area contributed by atoms with Gasteiger partial charge >= 0.3 is 17.9 Å². The summed E-state index contributed by atoms with van der Waals surface area (Å²) in [6, 6.07) is 14.2. The van der Waals surface area contributed by atoms with Gasteiger partial charge in [-0.15, -0.1) is 0 Å². The van der Waals surface area contributed by atoms with Crippen molar-refractivity contribution in [2.75, 3.05) is 39.5 Å². The lowest BCUT2D eigenvalue weighted by molar-refractivity contribution is -0.148. The maximum atomic E-state index is 13.0. The second-order valence-corrected chi connectivity index (χ2v) is 9.46. The number of H-pyrrole nitrogens is 1. The number of aromatic nitrogens is 1. The topological polar surface area (TPSA) is 175 Å². The SMILES string of the molecule is O=C(NC(Cc1cc(=O)[nH]c2ccccc12)C(=O)OCCN1CCOCC1)c1ccc(Cl)cc1.O=C(O)CC(=O)O. The van der Waals surface area contributed by atoms with Crippen molar-refractivity contribution in [1.82, 2.24) is 15.2 Å². The van der Waals surface area contributed by atoms with E-state index < -0.39 is 36.3 Å². The number of esters is 1. The Morgan fingerprint density at radius 1 is 1.02 bits per heavy atom. The lowest BCUT2D eigenvalue weighted by atomic mass is 10.0. The van der Waals surface area contributed by atoms with E-state index in [4.69, 9.17) is 31.3 Å². The van der Waals surface area contributed by atoms with E-state index in [0.29, 0.717) is 41.4 Å². The first-order valence-corrected chi connectivity index (χ1v) is 13.1. The minimum Gasteiger partial charge on any atom is -0.481 e. The van der Waals surface area contributed by atoms with Gasteiger partial charge in [0, 0.05) is 53.6 Å². The van der Waals surface area contributed by atoms with Crippen LogP contribution in [0.25, 0.3) is 10.9 Å². The van der Waals surface area contributed by atoms with Crippen LogP contribution in [-0.2, 0) is 30.3 Å². The van der Waals surface area contributed by atoms with Crippen LogP contribution in [0.5, 0.6) is 0 Å². The third-order valence-electron chi connectivity index (χ3n) is 6.01. The molecule has 1 unspecified atom stereocenters. The zero-order valence-corrected chi connectivity index (χ0v) is 22.8. The Kier molecular flexibility index (Phi) is 11.8. The highest BCUT2D eigenvalue weighted by atomic mass is 35.5. The van der Waals surface area contributed by atoms with Gasteiger partial charge in [-0.05, 0) is 35.9 Å². The number of para-hydroxylation sites is 1. The van der Waals surface area contributed by atoms with Gasteiger partial charge in [0.05, 0.1) is 13.2 Å². The number of carbonyl (C=O) groups is 4. The Morgan fingerprint density at radius 3 is 2.32 bits per heavy atom. The summed E-state index contributed by atoms with van der Waals surface area (Å²) in [5, 5.41) is 19.5. The molecule has 13 heteroatoms. The van der Waals surface area contributed by atoms with Crippen LogP contribution < -0.4 is 10.9 Å². The molecule has 3 aromatic rings. The fourth-order valence-corrected chi connectivity index (χ4v) is 4.16. The van der Waals surface area contributed by atoms with Crippen LogP contribution in [0.15, 0.2) is 59.4 Å². The molecular formula is C28H30ClN3O9. The Morgan fingerprint density at radius 2 is 1.68 bits per heavy atom. The molecule has 1 aliphatic heterocycles. The molecule has 1 aromatic heterocycles. The molecule has 41 heavy (non-hydrogen) atoms. The van der Waals surface area contributed by atoms with Crippen LogP contribution >= 0.6 is 11.6 Å². The van der Waals surface area contributed by atoms with Crippen molar-refractivity contribution in [3.05, 3.63) is 81.1 Å². The van der Waals surface area contributed by atoms with Crippen LogP contribution in [0.2, 0.25) is 5.02 Å². The summed E-state index contributed by atoms with van der Waals surface area (Å²) in [6.45, 7) is 3.66. The Balaban J connectivity index is 0.000000587. The molecule has 1 amide bonds. The number of carboxylic acid groups (broad SMARTS) is 2. The first-order valence-electron chi connectivity index (χ1n) is 12.7. The van der Waals surface area contributed by atoms with Gasteiger partial charge in [0.15, 0.2) is 0 Å². The van der Waals surface area contributed by atoms with Crippen LogP contribution in [0, 0.1) is 0 Å². The molecule has 0 aliphatic carbocycles. The van der Waals surface area contributed by atoms with Gasteiger partial charge in [-0.2, -0.15) is 0 Å². The molecule has 12 nitrogen and oxygen atoms in total. The number of aromatic amines is 1. The van der Waals surface area contributed by atoms with E-state index in [1.54, 1.807) is 30.3 Å². The van der Waals surface area contributed by atoms with Crippen molar-refractivity contribution >= 4 is 46.3 Å². The van der Waals surface area contributed by atoms with E-state index in [1.807, 2.05) is 18.2 Å². The number of carbonyl (C=O) groups excluding carboxylic acids is 2. The van der Waals surface area contributed by atoms with Gasteiger partial charge in [0.2, 0.25) is 5.56 Å². The molecule has 4 rings (SSSR count). The number of fused-ring (bicyclic) bond motifs is 1. The van der Waals surface area contributed by atoms with E-state index in [0.717, 1.165) is 18.5 Å². The Labute approximate surface area is 239 Å². The summed E-state index contributed by atoms with van der Waals surface area (Å²) in [5.41, 5.74) is 1.39. The highest BCUT2D eigenvalue weighted by Crippen LogP contribution is 2.17. The number of morpholine rings is 1. The second kappa shape index (κ2) is 15.5. The molecule has 0 bridgehead atoms. The number of amides is 1. The zero-order chi connectivity index (χ0) is 29.8. The number of carboxylic acids is 2. The van der Waals surface area contributed by atoms with Crippen LogP contribution in [0.3, 0.4) is 0 Å². The summed E-state index contributed by atoms with van der Waals surface area (Å²) in [7, 11) is 0. The van der Waals surface area contributed by atoms with E-state index in [9.17, 15) is 24.0 Å². The smallest absolute Gasteiger partial charge is 0.329 e.